The van der Waals surface area contributed by atoms with Gasteiger partial charge in [0.25, 0.3) is 0 Å². The molecule has 1 aliphatic heterocycles. The minimum atomic E-state index is -1.33. The molecule has 1 fully saturated rings. The van der Waals surface area contributed by atoms with Crippen LogP contribution in [0.4, 0.5) is 0 Å². The summed E-state index contributed by atoms with van der Waals surface area (Å²) in [5, 5.41) is 28.4. The zero-order chi connectivity index (χ0) is 33.9. The van der Waals surface area contributed by atoms with E-state index in [0.29, 0.717) is 25.7 Å². The van der Waals surface area contributed by atoms with Crippen LogP contribution in [-0.4, -0.2) is 87.4 Å². The summed E-state index contributed by atoms with van der Waals surface area (Å²) in [5.74, 6) is -2.32. The molecule has 0 aliphatic carbocycles. The number of hydrogen-bond donors (Lipinski definition) is 5. The van der Waals surface area contributed by atoms with Crippen LogP contribution >= 0.6 is 0 Å². The van der Waals surface area contributed by atoms with E-state index in [0.717, 1.165) is 19.3 Å². The zero-order valence-corrected chi connectivity index (χ0v) is 28.7. The van der Waals surface area contributed by atoms with Crippen LogP contribution in [0.15, 0.2) is 0 Å². The summed E-state index contributed by atoms with van der Waals surface area (Å²) < 4.78 is 0. The van der Waals surface area contributed by atoms with E-state index in [1.165, 1.54) is 77.0 Å². The molecule has 0 saturated carbocycles. The SMILES string of the molecule is CCCCCCCCCCCCCC(=O)N[C@@H](CC(C)C)C(=O)N[C@H](C(=O)N1CCC[C@@H]1C(=O)N[C@H](C(C)=O)C(C)O)C(C)O. The topological polar surface area (TPSA) is 165 Å². The highest BCUT2D eigenvalue weighted by atomic mass is 16.3. The van der Waals surface area contributed by atoms with E-state index in [4.69, 9.17) is 0 Å². The zero-order valence-electron chi connectivity index (χ0n) is 28.7. The minimum absolute atomic E-state index is 0.0820. The number of nitrogens with zero attached hydrogens (tertiary/aromatic N) is 1. The lowest BCUT2D eigenvalue weighted by molar-refractivity contribution is -0.145. The normalized spacial score (nSPS) is 18.2. The first-order valence-corrected chi connectivity index (χ1v) is 17.4. The van der Waals surface area contributed by atoms with Crippen molar-refractivity contribution in [3.63, 3.8) is 0 Å². The number of nitrogens with one attached hydrogen (secondary N) is 3. The predicted octanol–water partition coefficient (Wildman–Crippen LogP) is 3.53. The second-order valence-electron chi connectivity index (χ2n) is 13.3. The van der Waals surface area contributed by atoms with Gasteiger partial charge in [-0.05, 0) is 52.4 Å². The molecule has 1 aliphatic rings. The van der Waals surface area contributed by atoms with E-state index in [2.05, 4.69) is 22.9 Å². The van der Waals surface area contributed by atoms with Crippen LogP contribution in [0, 0.1) is 5.92 Å². The van der Waals surface area contributed by atoms with Gasteiger partial charge in [-0.2, -0.15) is 0 Å². The van der Waals surface area contributed by atoms with Crippen LogP contribution < -0.4 is 16.0 Å². The first-order valence-electron chi connectivity index (χ1n) is 17.4. The van der Waals surface area contributed by atoms with E-state index in [1.54, 1.807) is 0 Å². The van der Waals surface area contributed by atoms with Crippen molar-refractivity contribution in [2.45, 2.75) is 174 Å². The van der Waals surface area contributed by atoms with E-state index < -0.39 is 59.9 Å². The molecule has 260 valence electrons. The lowest BCUT2D eigenvalue weighted by Crippen LogP contribution is -2.60. The number of aliphatic hydroxyl groups is 2. The molecule has 2 unspecified atom stereocenters. The van der Waals surface area contributed by atoms with Gasteiger partial charge in [-0.25, -0.2) is 0 Å². The van der Waals surface area contributed by atoms with Crippen molar-refractivity contribution in [3.05, 3.63) is 0 Å². The Labute approximate surface area is 271 Å². The van der Waals surface area contributed by atoms with Gasteiger partial charge in [0.15, 0.2) is 5.78 Å². The number of amides is 4. The molecule has 0 spiro atoms. The average molecular weight is 639 g/mol. The standard InChI is InChI=1S/C34H62N4O7/c1-7-8-9-10-11-12-13-14-15-16-17-20-29(42)35-27(22-23(2)3)32(43)37-31(26(6)41)34(45)38-21-18-19-28(38)33(44)36-30(24(4)39)25(5)40/h23-24,26-28,30-31,39,41H,7-22H2,1-6H3,(H,35,42)(H,36,44)(H,37,43)/t24?,26?,27-,28+,30-,31-/m0/s1. The second kappa shape index (κ2) is 22.1. The summed E-state index contributed by atoms with van der Waals surface area (Å²) >= 11 is 0. The third kappa shape index (κ3) is 15.5. The van der Waals surface area contributed by atoms with Gasteiger partial charge in [-0.15, -0.1) is 0 Å². The van der Waals surface area contributed by atoms with Gasteiger partial charge >= 0.3 is 0 Å². The predicted molar refractivity (Wildman–Crippen MR) is 175 cm³/mol. The first kappa shape index (κ1) is 40.5. The van der Waals surface area contributed by atoms with E-state index in [1.807, 2.05) is 13.8 Å². The Kier molecular flexibility index (Phi) is 19.9. The van der Waals surface area contributed by atoms with Gasteiger partial charge in [-0.1, -0.05) is 85.0 Å². The lowest BCUT2D eigenvalue weighted by Gasteiger charge is -2.32. The van der Waals surface area contributed by atoms with Crippen LogP contribution in [0.2, 0.25) is 0 Å². The molecule has 0 radical (unpaired) electrons. The lowest BCUT2D eigenvalue weighted by atomic mass is 10.0. The average Bonchev–Trinajstić information content (AvgIpc) is 3.46. The molecule has 11 heteroatoms. The molecule has 1 heterocycles. The van der Waals surface area contributed by atoms with Gasteiger partial charge in [-0.3, -0.25) is 24.0 Å². The van der Waals surface area contributed by atoms with Crippen LogP contribution in [0.3, 0.4) is 0 Å². The Morgan fingerprint density at radius 1 is 0.756 bits per heavy atom. The number of ketones is 1. The van der Waals surface area contributed by atoms with Crippen molar-refractivity contribution >= 4 is 29.4 Å². The third-order valence-corrected chi connectivity index (χ3v) is 8.47. The third-order valence-electron chi connectivity index (χ3n) is 8.47. The van der Waals surface area contributed by atoms with Crippen LogP contribution in [0.25, 0.3) is 0 Å². The maximum absolute atomic E-state index is 13.6. The van der Waals surface area contributed by atoms with Crippen LogP contribution in [0.1, 0.15) is 138 Å². The Morgan fingerprint density at radius 3 is 1.78 bits per heavy atom. The molecule has 1 rings (SSSR count). The van der Waals surface area contributed by atoms with Gasteiger partial charge in [0.05, 0.1) is 12.2 Å². The Hall–Kier alpha value is -2.53. The highest BCUT2D eigenvalue weighted by Crippen LogP contribution is 2.20. The van der Waals surface area contributed by atoms with Crippen molar-refractivity contribution in [3.8, 4) is 0 Å². The van der Waals surface area contributed by atoms with Gasteiger partial charge in [0, 0.05) is 13.0 Å². The second-order valence-corrected chi connectivity index (χ2v) is 13.3. The van der Waals surface area contributed by atoms with E-state index in [-0.39, 0.29) is 18.4 Å². The fourth-order valence-electron chi connectivity index (χ4n) is 5.85. The fourth-order valence-corrected chi connectivity index (χ4v) is 5.85. The summed E-state index contributed by atoms with van der Waals surface area (Å²) in [6, 6.07) is -4.22. The molecule has 5 N–H and O–H groups in total. The van der Waals surface area contributed by atoms with Crippen molar-refractivity contribution < 1.29 is 34.2 Å². The number of hydrogen-bond acceptors (Lipinski definition) is 7. The van der Waals surface area contributed by atoms with Crippen molar-refractivity contribution in [1.82, 2.24) is 20.9 Å². The van der Waals surface area contributed by atoms with Crippen molar-refractivity contribution in [1.29, 1.82) is 0 Å². The largest absolute Gasteiger partial charge is 0.391 e. The quantitative estimate of drug-likeness (QED) is 0.107. The Balaban J connectivity index is 2.70. The van der Waals surface area contributed by atoms with Gasteiger partial charge < -0.3 is 31.1 Å². The summed E-state index contributed by atoms with van der Waals surface area (Å²) in [6.45, 7) is 10.4. The fraction of sp³-hybridized carbons (Fsp3) is 0.853. The first-order chi connectivity index (χ1) is 21.3. The molecule has 0 bridgehead atoms. The molecule has 0 aromatic carbocycles. The van der Waals surface area contributed by atoms with Crippen molar-refractivity contribution in [2.75, 3.05) is 6.54 Å². The molecule has 0 aromatic rings. The van der Waals surface area contributed by atoms with E-state index >= 15 is 0 Å². The minimum Gasteiger partial charge on any atom is -0.391 e. The molecule has 6 atom stereocenters. The maximum atomic E-state index is 13.6. The summed E-state index contributed by atoms with van der Waals surface area (Å²) in [4.78, 5) is 65.9. The smallest absolute Gasteiger partial charge is 0.248 e. The highest BCUT2D eigenvalue weighted by molar-refractivity contribution is 5.96. The molecular formula is C34H62N4O7. The Morgan fingerprint density at radius 2 is 1.29 bits per heavy atom. The van der Waals surface area contributed by atoms with Crippen LogP contribution in [-0.2, 0) is 24.0 Å². The molecule has 0 aromatic heterocycles. The number of carbonyl (C=O) groups excluding carboxylic acids is 5. The number of carbonyl (C=O) groups is 5. The summed E-state index contributed by atoms with van der Waals surface area (Å²) in [5.41, 5.74) is 0. The number of Topliss-reactive ketones (excluding diaryl/α,β-unsaturated/α-hetero) is 1. The monoisotopic (exact) mass is 638 g/mol. The molecule has 45 heavy (non-hydrogen) atoms. The maximum Gasteiger partial charge on any atom is 0.248 e. The van der Waals surface area contributed by atoms with Crippen LogP contribution in [0.5, 0.6) is 0 Å². The number of unbranched alkanes of at least 4 members (excludes halogenated alkanes) is 10. The molecular weight excluding hydrogens is 576 g/mol. The highest BCUT2D eigenvalue weighted by Gasteiger charge is 2.41. The number of aliphatic hydroxyl groups excluding tert-OH is 2. The molecule has 1 saturated heterocycles. The van der Waals surface area contributed by atoms with E-state index in [9.17, 15) is 34.2 Å². The summed E-state index contributed by atoms with van der Waals surface area (Å²) in [7, 11) is 0. The van der Waals surface area contributed by atoms with Gasteiger partial charge in [0.1, 0.15) is 24.2 Å². The Bertz CT molecular complexity index is 924. The van der Waals surface area contributed by atoms with Gasteiger partial charge in [0.2, 0.25) is 23.6 Å². The summed E-state index contributed by atoms with van der Waals surface area (Å²) in [6.07, 6.45) is 12.1. The van der Waals surface area contributed by atoms with Crippen molar-refractivity contribution in [2.24, 2.45) is 5.92 Å². The molecule has 11 nitrogen and oxygen atoms in total. The number of likely N-dealkylation sites (tertiary alicyclic amines) is 1. The number of rotatable bonds is 23. The molecule has 4 amide bonds.